The van der Waals surface area contributed by atoms with E-state index < -0.39 is 0 Å². The molecule has 6 heteroatoms. The Morgan fingerprint density at radius 1 is 0.966 bits per heavy atom. The third-order valence-electron chi connectivity index (χ3n) is 4.55. The third kappa shape index (κ3) is 4.17. The van der Waals surface area contributed by atoms with Crippen LogP contribution in [0, 0.1) is 12.7 Å². The van der Waals surface area contributed by atoms with E-state index in [1.165, 1.54) is 17.8 Å². The van der Waals surface area contributed by atoms with Gasteiger partial charge in [-0.1, -0.05) is 53.7 Å². The Morgan fingerprint density at radius 2 is 1.76 bits per heavy atom. The lowest BCUT2D eigenvalue weighted by Crippen LogP contribution is -2.00. The quantitative estimate of drug-likeness (QED) is 0.387. The highest BCUT2D eigenvalue weighted by molar-refractivity contribution is 7.98. The van der Waals surface area contributed by atoms with Crippen molar-refractivity contribution in [1.82, 2.24) is 14.8 Å². The van der Waals surface area contributed by atoms with Gasteiger partial charge in [0.05, 0.1) is 7.11 Å². The Labute approximate surface area is 173 Å². The van der Waals surface area contributed by atoms with E-state index in [2.05, 4.69) is 16.3 Å². The fraction of sp³-hybridized carbons (Fsp3) is 0.130. The van der Waals surface area contributed by atoms with Gasteiger partial charge in [-0.15, -0.1) is 10.2 Å². The summed E-state index contributed by atoms with van der Waals surface area (Å²) in [5.74, 6) is 1.78. The molecule has 0 spiro atoms. The molecular weight excluding hydrogens is 385 g/mol. The number of thioether (sulfide) groups is 1. The van der Waals surface area contributed by atoms with Crippen LogP contribution in [-0.2, 0) is 5.75 Å². The van der Waals surface area contributed by atoms with Gasteiger partial charge in [0, 0.05) is 17.0 Å². The standard InChI is InChI=1S/C23H20FN3OS/c1-16-6-5-8-17(14-16)22-25-26-23(29-15-18-7-3-4-9-21(18)24)27(22)19-10-12-20(28-2)13-11-19/h3-14H,15H2,1-2H3. The summed E-state index contributed by atoms with van der Waals surface area (Å²) in [4.78, 5) is 0. The van der Waals surface area contributed by atoms with Crippen LogP contribution in [0.5, 0.6) is 5.75 Å². The van der Waals surface area contributed by atoms with E-state index in [1.807, 2.05) is 60.0 Å². The van der Waals surface area contributed by atoms with E-state index in [9.17, 15) is 4.39 Å². The van der Waals surface area contributed by atoms with E-state index in [-0.39, 0.29) is 5.82 Å². The number of benzene rings is 3. The minimum absolute atomic E-state index is 0.213. The molecule has 0 aliphatic heterocycles. The Morgan fingerprint density at radius 3 is 2.48 bits per heavy atom. The SMILES string of the molecule is COc1ccc(-n2c(SCc3ccccc3F)nnc2-c2cccc(C)c2)cc1. The van der Waals surface area contributed by atoms with Crippen LogP contribution in [0.1, 0.15) is 11.1 Å². The van der Waals surface area contributed by atoms with Crippen molar-refractivity contribution in [3.05, 3.63) is 89.7 Å². The molecular formula is C23H20FN3OS. The molecule has 4 rings (SSSR count). The lowest BCUT2D eigenvalue weighted by Gasteiger charge is -2.11. The van der Waals surface area contributed by atoms with Crippen LogP contribution in [0.3, 0.4) is 0 Å². The number of aryl methyl sites for hydroxylation is 1. The first kappa shape index (κ1) is 19.2. The zero-order chi connectivity index (χ0) is 20.2. The van der Waals surface area contributed by atoms with Crippen molar-refractivity contribution in [3.8, 4) is 22.8 Å². The van der Waals surface area contributed by atoms with Crippen molar-refractivity contribution in [3.63, 3.8) is 0 Å². The highest BCUT2D eigenvalue weighted by Crippen LogP contribution is 2.31. The first-order valence-corrected chi connectivity index (χ1v) is 10.2. The number of methoxy groups -OCH3 is 1. The molecule has 0 aliphatic rings. The molecule has 0 unspecified atom stereocenters. The fourth-order valence-corrected chi connectivity index (χ4v) is 3.99. The predicted octanol–water partition coefficient (Wildman–Crippen LogP) is 5.68. The Balaban J connectivity index is 1.75. The zero-order valence-electron chi connectivity index (χ0n) is 16.2. The molecule has 0 radical (unpaired) electrons. The molecule has 146 valence electrons. The molecule has 4 nitrogen and oxygen atoms in total. The highest BCUT2D eigenvalue weighted by atomic mass is 32.2. The van der Waals surface area contributed by atoms with Gasteiger partial charge < -0.3 is 4.74 Å². The van der Waals surface area contributed by atoms with Crippen LogP contribution in [0.2, 0.25) is 0 Å². The number of aromatic nitrogens is 3. The second-order valence-electron chi connectivity index (χ2n) is 6.59. The van der Waals surface area contributed by atoms with Crippen LogP contribution < -0.4 is 4.74 Å². The number of rotatable bonds is 6. The minimum Gasteiger partial charge on any atom is -0.497 e. The Hall–Kier alpha value is -3.12. The van der Waals surface area contributed by atoms with Gasteiger partial charge in [-0.05, 0) is 48.9 Å². The van der Waals surface area contributed by atoms with Gasteiger partial charge in [-0.25, -0.2) is 4.39 Å². The molecule has 4 aromatic rings. The highest BCUT2D eigenvalue weighted by Gasteiger charge is 2.17. The molecule has 29 heavy (non-hydrogen) atoms. The van der Waals surface area contributed by atoms with E-state index in [4.69, 9.17) is 4.74 Å². The molecule has 0 aliphatic carbocycles. The van der Waals surface area contributed by atoms with Crippen molar-refractivity contribution >= 4 is 11.8 Å². The number of halogens is 1. The summed E-state index contributed by atoms with van der Waals surface area (Å²) in [6.07, 6.45) is 0. The lowest BCUT2D eigenvalue weighted by molar-refractivity contribution is 0.414. The van der Waals surface area contributed by atoms with Crippen molar-refractivity contribution < 1.29 is 9.13 Å². The summed E-state index contributed by atoms with van der Waals surface area (Å²) in [7, 11) is 1.64. The van der Waals surface area contributed by atoms with Crippen LogP contribution >= 0.6 is 11.8 Å². The average Bonchev–Trinajstić information content (AvgIpc) is 3.17. The average molecular weight is 405 g/mol. The molecule has 0 saturated heterocycles. The van der Waals surface area contributed by atoms with E-state index in [1.54, 1.807) is 19.2 Å². The molecule has 0 saturated carbocycles. The summed E-state index contributed by atoms with van der Waals surface area (Å²) < 4.78 is 21.3. The Bertz CT molecular complexity index is 1130. The molecule has 1 heterocycles. The van der Waals surface area contributed by atoms with E-state index >= 15 is 0 Å². The second kappa shape index (κ2) is 8.49. The van der Waals surface area contributed by atoms with Crippen LogP contribution in [0.4, 0.5) is 4.39 Å². The fourth-order valence-electron chi connectivity index (χ4n) is 3.06. The molecule has 0 fully saturated rings. The van der Waals surface area contributed by atoms with Crippen molar-refractivity contribution in [2.45, 2.75) is 17.8 Å². The normalized spacial score (nSPS) is 10.9. The van der Waals surface area contributed by atoms with Gasteiger partial charge in [-0.2, -0.15) is 0 Å². The summed E-state index contributed by atoms with van der Waals surface area (Å²) in [5.41, 5.74) is 3.68. The maximum atomic E-state index is 14.0. The summed E-state index contributed by atoms with van der Waals surface area (Å²) >= 11 is 1.46. The topological polar surface area (TPSA) is 39.9 Å². The summed E-state index contributed by atoms with van der Waals surface area (Å²) in [6.45, 7) is 2.05. The lowest BCUT2D eigenvalue weighted by atomic mass is 10.1. The second-order valence-corrected chi connectivity index (χ2v) is 7.53. The van der Waals surface area contributed by atoms with Crippen molar-refractivity contribution in [1.29, 1.82) is 0 Å². The van der Waals surface area contributed by atoms with Gasteiger partial charge in [0.1, 0.15) is 11.6 Å². The van der Waals surface area contributed by atoms with E-state index in [0.717, 1.165) is 28.4 Å². The molecule has 0 bridgehead atoms. The number of ether oxygens (including phenoxy) is 1. The first-order chi connectivity index (χ1) is 14.2. The summed E-state index contributed by atoms with van der Waals surface area (Å²) in [6, 6.07) is 22.7. The van der Waals surface area contributed by atoms with Gasteiger partial charge in [0.2, 0.25) is 0 Å². The van der Waals surface area contributed by atoms with Crippen molar-refractivity contribution in [2.75, 3.05) is 7.11 Å². The summed E-state index contributed by atoms with van der Waals surface area (Å²) in [5, 5.41) is 9.56. The van der Waals surface area contributed by atoms with Gasteiger partial charge in [0.25, 0.3) is 0 Å². The molecule has 0 N–H and O–H groups in total. The number of hydrogen-bond acceptors (Lipinski definition) is 4. The molecule has 0 amide bonds. The monoisotopic (exact) mass is 405 g/mol. The van der Waals surface area contributed by atoms with Gasteiger partial charge in [-0.3, -0.25) is 4.57 Å². The maximum absolute atomic E-state index is 14.0. The third-order valence-corrected chi connectivity index (χ3v) is 5.53. The van der Waals surface area contributed by atoms with Crippen LogP contribution in [-0.4, -0.2) is 21.9 Å². The molecule has 0 atom stereocenters. The van der Waals surface area contributed by atoms with Crippen LogP contribution in [0.15, 0.2) is 78.0 Å². The smallest absolute Gasteiger partial charge is 0.196 e. The zero-order valence-corrected chi connectivity index (χ0v) is 17.0. The number of nitrogens with zero attached hydrogens (tertiary/aromatic N) is 3. The maximum Gasteiger partial charge on any atom is 0.196 e. The molecule has 3 aromatic carbocycles. The first-order valence-electron chi connectivity index (χ1n) is 9.19. The minimum atomic E-state index is -0.213. The number of hydrogen-bond donors (Lipinski definition) is 0. The van der Waals surface area contributed by atoms with Crippen molar-refractivity contribution in [2.24, 2.45) is 0 Å². The van der Waals surface area contributed by atoms with Crippen LogP contribution in [0.25, 0.3) is 17.1 Å². The van der Waals surface area contributed by atoms with E-state index in [0.29, 0.717) is 16.5 Å². The predicted molar refractivity (Wildman–Crippen MR) is 114 cm³/mol. The molecule has 1 aromatic heterocycles. The van der Waals surface area contributed by atoms with Gasteiger partial charge >= 0.3 is 0 Å². The largest absolute Gasteiger partial charge is 0.497 e. The Kier molecular flexibility index (Phi) is 5.62. The van der Waals surface area contributed by atoms with Gasteiger partial charge in [0.15, 0.2) is 11.0 Å².